The number of unbranched alkanes of at least 4 members (excludes halogenated alkanes) is 1. The predicted octanol–water partition coefficient (Wildman–Crippen LogP) is 9.20. The van der Waals surface area contributed by atoms with Gasteiger partial charge < -0.3 is 0 Å². The minimum Gasteiger partial charge on any atom is -0.103 e. The summed E-state index contributed by atoms with van der Waals surface area (Å²) in [6.07, 6.45) is 11.5. The van der Waals surface area contributed by atoms with Crippen molar-refractivity contribution in [2.45, 2.75) is 72.6 Å². The second-order valence-electron chi connectivity index (χ2n) is 6.37. The molecule has 0 aromatic heterocycles. The summed E-state index contributed by atoms with van der Waals surface area (Å²) in [5.41, 5.74) is 5.27. The van der Waals surface area contributed by atoms with E-state index >= 15 is 0 Å². The van der Waals surface area contributed by atoms with Gasteiger partial charge in [-0.1, -0.05) is 108 Å². The lowest BCUT2D eigenvalue weighted by molar-refractivity contribution is 0.825. The van der Waals surface area contributed by atoms with E-state index in [4.69, 9.17) is 0 Å². The fourth-order valence-electron chi connectivity index (χ4n) is 2.52. The smallest absolute Gasteiger partial charge is 0.00143 e. The molecule has 150 valence electrons. The van der Waals surface area contributed by atoms with Crippen molar-refractivity contribution < 1.29 is 0 Å². The van der Waals surface area contributed by atoms with Gasteiger partial charge in [0.2, 0.25) is 0 Å². The molecule has 0 aliphatic heterocycles. The van der Waals surface area contributed by atoms with Crippen LogP contribution < -0.4 is 0 Å². The topological polar surface area (TPSA) is 0 Å². The zero-order valence-electron chi connectivity index (χ0n) is 18.6. The van der Waals surface area contributed by atoms with Crippen LogP contribution in [0.2, 0.25) is 0 Å². The Bertz CT molecular complexity index is 557. The van der Waals surface area contributed by atoms with E-state index in [0.29, 0.717) is 5.92 Å². The van der Waals surface area contributed by atoms with Crippen LogP contribution in [0, 0.1) is 0 Å². The summed E-state index contributed by atoms with van der Waals surface area (Å²) in [6.45, 7) is 25.8. The van der Waals surface area contributed by atoms with Crippen LogP contribution in [0.5, 0.6) is 0 Å². The number of hydrogen-bond acceptors (Lipinski definition) is 0. The number of rotatable bonds is 10. The van der Waals surface area contributed by atoms with Gasteiger partial charge in [-0.25, -0.2) is 0 Å². The predicted molar refractivity (Wildman–Crippen MR) is 127 cm³/mol. The Labute approximate surface area is 170 Å². The molecule has 1 aromatic rings. The van der Waals surface area contributed by atoms with Crippen LogP contribution in [-0.2, 0) is 0 Å². The maximum atomic E-state index is 3.93. The molecular weight excluding hydrogens is 324 g/mol. The highest BCUT2D eigenvalue weighted by molar-refractivity contribution is 5.31. The monoisotopic (exact) mass is 366 g/mol. The van der Waals surface area contributed by atoms with Crippen molar-refractivity contribution in [1.29, 1.82) is 0 Å². The first-order valence-corrected chi connectivity index (χ1v) is 10.3. The molecule has 0 bridgehead atoms. The second kappa shape index (κ2) is 18.7. The van der Waals surface area contributed by atoms with E-state index in [1.54, 1.807) is 0 Å². The lowest BCUT2D eigenvalue weighted by atomic mass is 9.95. The molecule has 0 saturated carbocycles. The molecule has 1 atom stereocenters. The van der Waals surface area contributed by atoms with Crippen LogP contribution in [-0.4, -0.2) is 0 Å². The van der Waals surface area contributed by atoms with Gasteiger partial charge in [0.25, 0.3) is 0 Å². The van der Waals surface area contributed by atoms with Crippen LogP contribution in [0.4, 0.5) is 0 Å². The molecule has 1 aromatic carbocycles. The molecule has 0 aliphatic carbocycles. The second-order valence-corrected chi connectivity index (χ2v) is 6.37. The maximum Gasteiger partial charge on any atom is 0.00143 e. The van der Waals surface area contributed by atoms with E-state index < -0.39 is 0 Å². The lowest BCUT2D eigenvalue weighted by Crippen LogP contribution is -1.92. The third-order valence-electron chi connectivity index (χ3n) is 4.32. The van der Waals surface area contributed by atoms with E-state index in [1.165, 1.54) is 28.7 Å². The summed E-state index contributed by atoms with van der Waals surface area (Å²) in [5, 5.41) is 0. The average molecular weight is 367 g/mol. The van der Waals surface area contributed by atoms with Crippen molar-refractivity contribution in [2.75, 3.05) is 0 Å². The normalized spacial score (nSPS) is 11.4. The molecule has 0 radical (unpaired) electrons. The van der Waals surface area contributed by atoms with Gasteiger partial charge in [0, 0.05) is 5.92 Å². The van der Waals surface area contributed by atoms with Gasteiger partial charge in [0.1, 0.15) is 0 Å². The average Bonchev–Trinajstić information content (AvgIpc) is 2.72. The molecule has 0 N–H and O–H groups in total. The first-order chi connectivity index (χ1) is 13.0. The summed E-state index contributed by atoms with van der Waals surface area (Å²) >= 11 is 0. The Kier molecular flexibility index (Phi) is 18.8. The third kappa shape index (κ3) is 12.8. The summed E-state index contributed by atoms with van der Waals surface area (Å²) in [6, 6.07) is 10.4. The van der Waals surface area contributed by atoms with Crippen molar-refractivity contribution in [2.24, 2.45) is 0 Å². The molecule has 0 nitrogen and oxygen atoms in total. The van der Waals surface area contributed by atoms with Crippen LogP contribution in [0.1, 0.15) is 78.2 Å². The largest absolute Gasteiger partial charge is 0.103 e. The Morgan fingerprint density at radius 2 is 1.48 bits per heavy atom. The summed E-state index contributed by atoms with van der Waals surface area (Å²) in [5.74, 6) is 0.483. The SMILES string of the molecule is C=C(C)C(C)c1ccccc1.C=CCCC/C(C=C)=C(/C=C)CCC.CC. The van der Waals surface area contributed by atoms with E-state index in [1.807, 2.05) is 38.1 Å². The fourth-order valence-corrected chi connectivity index (χ4v) is 2.52. The Morgan fingerprint density at radius 3 is 1.89 bits per heavy atom. The highest BCUT2D eigenvalue weighted by Crippen LogP contribution is 2.21. The zero-order valence-corrected chi connectivity index (χ0v) is 18.6. The Balaban J connectivity index is 0. The van der Waals surface area contributed by atoms with Crippen LogP contribution in [0.25, 0.3) is 0 Å². The summed E-state index contributed by atoms with van der Waals surface area (Å²) in [4.78, 5) is 0. The van der Waals surface area contributed by atoms with Gasteiger partial charge in [-0.2, -0.15) is 0 Å². The summed E-state index contributed by atoms with van der Waals surface area (Å²) < 4.78 is 0. The van der Waals surface area contributed by atoms with Gasteiger partial charge in [0.05, 0.1) is 0 Å². The number of benzene rings is 1. The maximum absolute atomic E-state index is 3.93. The van der Waals surface area contributed by atoms with Gasteiger partial charge in [-0.15, -0.1) is 6.58 Å². The zero-order chi connectivity index (χ0) is 21.1. The number of hydrogen-bond donors (Lipinski definition) is 0. The highest BCUT2D eigenvalue weighted by atomic mass is 14.1. The molecule has 0 fully saturated rings. The molecule has 27 heavy (non-hydrogen) atoms. The van der Waals surface area contributed by atoms with Gasteiger partial charge in [-0.05, 0) is 49.3 Å². The van der Waals surface area contributed by atoms with Crippen molar-refractivity contribution in [3.63, 3.8) is 0 Å². The van der Waals surface area contributed by atoms with Gasteiger partial charge in [-0.3, -0.25) is 0 Å². The van der Waals surface area contributed by atoms with Crippen LogP contribution in [0.15, 0.2) is 91.6 Å². The summed E-state index contributed by atoms with van der Waals surface area (Å²) in [7, 11) is 0. The van der Waals surface area contributed by atoms with Crippen molar-refractivity contribution >= 4 is 0 Å². The van der Waals surface area contributed by atoms with E-state index in [0.717, 1.165) is 25.7 Å². The minimum atomic E-state index is 0.483. The van der Waals surface area contributed by atoms with Crippen LogP contribution >= 0.6 is 0 Å². The van der Waals surface area contributed by atoms with E-state index in [9.17, 15) is 0 Å². The molecular formula is C27H42. The Morgan fingerprint density at radius 1 is 0.963 bits per heavy atom. The van der Waals surface area contributed by atoms with E-state index in [-0.39, 0.29) is 0 Å². The lowest BCUT2D eigenvalue weighted by Gasteiger charge is -2.10. The highest BCUT2D eigenvalue weighted by Gasteiger charge is 2.03. The molecule has 0 spiro atoms. The molecule has 0 aliphatic rings. The fraction of sp³-hybridized carbons (Fsp3) is 0.407. The molecule has 1 unspecified atom stereocenters. The van der Waals surface area contributed by atoms with Gasteiger partial charge in [0.15, 0.2) is 0 Å². The van der Waals surface area contributed by atoms with Crippen molar-refractivity contribution in [1.82, 2.24) is 0 Å². The van der Waals surface area contributed by atoms with Crippen molar-refractivity contribution in [3.05, 3.63) is 97.2 Å². The first kappa shape index (κ1) is 27.1. The Hall–Kier alpha value is -2.08. The molecule has 0 heterocycles. The minimum absolute atomic E-state index is 0.483. The molecule has 1 rings (SSSR count). The van der Waals surface area contributed by atoms with Crippen LogP contribution in [0.3, 0.4) is 0 Å². The first-order valence-electron chi connectivity index (χ1n) is 10.3. The quantitative estimate of drug-likeness (QED) is 0.220. The van der Waals surface area contributed by atoms with Crippen molar-refractivity contribution in [3.8, 4) is 0 Å². The van der Waals surface area contributed by atoms with Gasteiger partial charge >= 0.3 is 0 Å². The molecule has 0 heteroatoms. The standard InChI is InChI=1S/C14H22.C11H14.C2H6/c1-5-9-10-12-14(8-4)13(7-3)11-6-2;1-9(2)10(3)11-7-5-4-6-8-11;1-2/h5,7-8H,1,3-4,6,9-12H2,2H3;4-8,10H,1H2,2-3H3;1-2H3/b14-13-;;. The molecule has 0 saturated heterocycles. The molecule has 0 amide bonds. The third-order valence-corrected chi connectivity index (χ3v) is 4.32. The van der Waals surface area contributed by atoms with E-state index in [2.05, 4.69) is 71.4 Å². The number of allylic oxidation sites excluding steroid dienone is 6.